The van der Waals surface area contributed by atoms with Crippen molar-refractivity contribution in [3.8, 4) is 0 Å². The van der Waals surface area contributed by atoms with Crippen LogP contribution in [0.25, 0.3) is 33.6 Å². The predicted octanol–water partition coefficient (Wildman–Crippen LogP) is 9.95. The van der Waals surface area contributed by atoms with Gasteiger partial charge < -0.3 is 10.2 Å². The summed E-state index contributed by atoms with van der Waals surface area (Å²) in [6.07, 6.45) is 10.3. The lowest BCUT2D eigenvalue weighted by atomic mass is 10.0. The van der Waals surface area contributed by atoms with Gasteiger partial charge in [0.2, 0.25) is 0 Å². The number of rotatable bonds is 7. The van der Waals surface area contributed by atoms with Crippen molar-refractivity contribution in [1.82, 2.24) is 0 Å². The Bertz CT molecular complexity index is 1560. The number of fused-ring (bicyclic) bond motifs is 3. The van der Waals surface area contributed by atoms with Crippen LogP contribution < -0.4 is 5.73 Å². The minimum Gasteiger partial charge on any atom is -0.455 e. The molecule has 0 aliphatic rings. The van der Waals surface area contributed by atoms with Gasteiger partial charge in [-0.2, -0.15) is 0 Å². The highest BCUT2D eigenvalue weighted by Crippen LogP contribution is 2.33. The molecule has 0 saturated heterocycles. The summed E-state index contributed by atoms with van der Waals surface area (Å²) in [5.41, 5.74) is 13.1. The molecule has 5 aromatic rings. The maximum Gasteiger partial charge on any atom is 0.138 e. The van der Waals surface area contributed by atoms with E-state index >= 15 is 0 Å². The summed E-state index contributed by atoms with van der Waals surface area (Å²) in [6, 6.07) is 31.4. The van der Waals surface area contributed by atoms with Crippen LogP contribution in [0.5, 0.6) is 0 Å². The summed E-state index contributed by atoms with van der Waals surface area (Å²) < 4.78 is 6.36. The number of hydrogen-bond donors (Lipinski definition) is 1. The number of nitrogens with zero attached hydrogens (tertiary/aromatic N) is 1. The molecule has 0 aliphatic heterocycles. The van der Waals surface area contributed by atoms with Gasteiger partial charge in [0.1, 0.15) is 11.2 Å². The maximum absolute atomic E-state index is 6.36. The predicted molar refractivity (Wildman–Crippen MR) is 172 cm³/mol. The quantitative estimate of drug-likeness (QED) is 0.219. The first kappa shape index (κ1) is 29.3. The number of furan rings is 1. The first-order chi connectivity index (χ1) is 19.2. The standard InChI is InChI=1S/C33H29NO.C2H6.CH5N/c1-3-4-13-26-16-8-9-20-31(26)34-23-28(25-14-6-5-7-15-25)22-21-27-17-11-19-30-29-18-10-12-24(2)32(29)35-33(27)30;2*1-2/h4-20,22-23H,3,21H2,1-2H3;1-2H3;2H2,1H3/b13-4-,28-22+,34-23?;;. The molecule has 0 amide bonds. The van der Waals surface area contributed by atoms with Crippen molar-refractivity contribution in [1.29, 1.82) is 0 Å². The Morgan fingerprint density at radius 1 is 0.795 bits per heavy atom. The number of allylic oxidation sites excluding steroid dienone is 3. The second-order valence-corrected chi connectivity index (χ2v) is 8.70. The van der Waals surface area contributed by atoms with Gasteiger partial charge in [-0.15, -0.1) is 0 Å². The molecule has 0 unspecified atom stereocenters. The monoisotopic (exact) mass is 516 g/mol. The largest absolute Gasteiger partial charge is 0.455 e. The second kappa shape index (κ2) is 15.3. The van der Waals surface area contributed by atoms with Gasteiger partial charge in [0.15, 0.2) is 0 Å². The van der Waals surface area contributed by atoms with Gasteiger partial charge in [0, 0.05) is 17.0 Å². The van der Waals surface area contributed by atoms with Crippen LogP contribution in [0.3, 0.4) is 0 Å². The molecule has 2 N–H and O–H groups in total. The van der Waals surface area contributed by atoms with E-state index in [0.717, 1.165) is 52.0 Å². The molecule has 0 radical (unpaired) electrons. The lowest BCUT2D eigenvalue weighted by Gasteiger charge is -2.05. The molecular formula is C36H40N2O. The van der Waals surface area contributed by atoms with Crippen LogP contribution in [0.2, 0.25) is 0 Å². The van der Waals surface area contributed by atoms with Crippen LogP contribution in [0.15, 0.2) is 113 Å². The molecule has 0 bridgehead atoms. The normalized spacial score (nSPS) is 11.5. The van der Waals surface area contributed by atoms with Gasteiger partial charge in [0.25, 0.3) is 0 Å². The average Bonchev–Trinajstić information content (AvgIpc) is 3.40. The first-order valence-electron chi connectivity index (χ1n) is 13.8. The number of para-hydroxylation sites is 3. The molecule has 4 aromatic carbocycles. The van der Waals surface area contributed by atoms with Crippen molar-refractivity contribution < 1.29 is 4.42 Å². The molecule has 0 saturated carbocycles. The minimum atomic E-state index is 0.754. The van der Waals surface area contributed by atoms with E-state index in [-0.39, 0.29) is 0 Å². The van der Waals surface area contributed by atoms with Crippen LogP contribution in [0, 0.1) is 6.92 Å². The summed E-state index contributed by atoms with van der Waals surface area (Å²) in [6.45, 7) is 8.24. The Labute approximate surface area is 233 Å². The highest BCUT2D eigenvalue weighted by molar-refractivity contribution is 6.11. The molecule has 1 aromatic heterocycles. The van der Waals surface area contributed by atoms with Gasteiger partial charge in [-0.1, -0.05) is 124 Å². The Morgan fingerprint density at radius 3 is 2.21 bits per heavy atom. The molecule has 3 nitrogen and oxygen atoms in total. The van der Waals surface area contributed by atoms with E-state index in [1.165, 1.54) is 23.4 Å². The van der Waals surface area contributed by atoms with E-state index in [1.54, 1.807) is 0 Å². The summed E-state index contributed by atoms with van der Waals surface area (Å²) in [5.74, 6) is 0. The molecular weight excluding hydrogens is 476 g/mol. The van der Waals surface area contributed by atoms with Crippen molar-refractivity contribution in [3.05, 3.63) is 125 Å². The molecule has 0 fully saturated rings. The number of aliphatic imine (C=N–C) groups is 1. The SMILES string of the molecule is CC.CC/C=C\c1ccccc1N=C/C(=C\Cc1cccc2c1oc1c(C)cccc12)c1ccccc1.CN. The first-order valence-corrected chi connectivity index (χ1v) is 13.8. The Hall–Kier alpha value is -4.21. The highest BCUT2D eigenvalue weighted by atomic mass is 16.3. The van der Waals surface area contributed by atoms with Crippen molar-refractivity contribution in [2.24, 2.45) is 10.7 Å². The van der Waals surface area contributed by atoms with E-state index < -0.39 is 0 Å². The molecule has 0 atom stereocenters. The molecule has 5 rings (SSSR count). The van der Waals surface area contributed by atoms with Crippen molar-refractivity contribution in [3.63, 3.8) is 0 Å². The van der Waals surface area contributed by atoms with E-state index in [9.17, 15) is 0 Å². The van der Waals surface area contributed by atoms with E-state index in [2.05, 4.69) is 117 Å². The molecule has 1 heterocycles. The van der Waals surface area contributed by atoms with E-state index in [0.29, 0.717) is 0 Å². The van der Waals surface area contributed by atoms with Crippen LogP contribution in [0.4, 0.5) is 5.69 Å². The summed E-state index contributed by atoms with van der Waals surface area (Å²) in [7, 11) is 1.50. The smallest absolute Gasteiger partial charge is 0.138 e. The summed E-state index contributed by atoms with van der Waals surface area (Å²) in [5, 5.41) is 2.34. The summed E-state index contributed by atoms with van der Waals surface area (Å²) >= 11 is 0. The topological polar surface area (TPSA) is 51.5 Å². The highest BCUT2D eigenvalue weighted by Gasteiger charge is 2.11. The molecule has 39 heavy (non-hydrogen) atoms. The third-order valence-corrected chi connectivity index (χ3v) is 6.26. The summed E-state index contributed by atoms with van der Waals surface area (Å²) in [4.78, 5) is 4.89. The van der Waals surface area contributed by atoms with Crippen molar-refractivity contribution in [2.75, 3.05) is 7.05 Å². The molecule has 0 aliphatic carbocycles. The van der Waals surface area contributed by atoms with Crippen molar-refractivity contribution >= 4 is 45.5 Å². The van der Waals surface area contributed by atoms with Gasteiger partial charge in [0.05, 0.1) is 5.69 Å². The zero-order chi connectivity index (χ0) is 28.0. The fraction of sp³-hybridized carbons (Fsp3) is 0.194. The van der Waals surface area contributed by atoms with Gasteiger partial charge >= 0.3 is 0 Å². The molecule has 3 heteroatoms. The average molecular weight is 517 g/mol. The van der Waals surface area contributed by atoms with Gasteiger partial charge in [-0.25, -0.2) is 0 Å². The number of nitrogens with two attached hydrogens (primary N) is 1. The maximum atomic E-state index is 6.36. The van der Waals surface area contributed by atoms with Crippen LogP contribution in [-0.2, 0) is 6.42 Å². The lowest BCUT2D eigenvalue weighted by Crippen LogP contribution is -1.90. The molecule has 0 spiro atoms. The molecule has 200 valence electrons. The fourth-order valence-electron chi connectivity index (χ4n) is 4.41. The lowest BCUT2D eigenvalue weighted by molar-refractivity contribution is 0.661. The van der Waals surface area contributed by atoms with Crippen LogP contribution >= 0.6 is 0 Å². The van der Waals surface area contributed by atoms with Gasteiger partial charge in [-0.3, -0.25) is 4.99 Å². The van der Waals surface area contributed by atoms with E-state index in [1.807, 2.05) is 32.2 Å². The number of hydrogen-bond acceptors (Lipinski definition) is 3. The number of benzene rings is 4. The Balaban J connectivity index is 0.00000100. The number of aryl methyl sites for hydroxylation is 1. The third-order valence-electron chi connectivity index (χ3n) is 6.26. The second-order valence-electron chi connectivity index (χ2n) is 8.70. The fourth-order valence-corrected chi connectivity index (χ4v) is 4.41. The van der Waals surface area contributed by atoms with Crippen LogP contribution in [0.1, 0.15) is 49.4 Å². The zero-order valence-corrected chi connectivity index (χ0v) is 23.8. The van der Waals surface area contributed by atoms with Crippen LogP contribution in [-0.4, -0.2) is 13.3 Å². The Morgan fingerprint density at radius 2 is 1.46 bits per heavy atom. The third kappa shape index (κ3) is 7.22. The van der Waals surface area contributed by atoms with Gasteiger partial charge in [-0.05, 0) is 60.7 Å². The Kier molecular flexibility index (Phi) is 11.5. The van der Waals surface area contributed by atoms with Crippen molar-refractivity contribution in [2.45, 2.75) is 40.5 Å². The minimum absolute atomic E-state index is 0.754. The van der Waals surface area contributed by atoms with E-state index in [4.69, 9.17) is 9.41 Å². The zero-order valence-electron chi connectivity index (χ0n) is 23.8.